The smallest absolute Gasteiger partial charge is 0.189 e. The van der Waals surface area contributed by atoms with Crippen LogP contribution in [-0.4, -0.2) is 4.57 Å². The van der Waals surface area contributed by atoms with Gasteiger partial charge in [0.1, 0.15) is 0 Å². The molecule has 0 aliphatic heterocycles. The summed E-state index contributed by atoms with van der Waals surface area (Å²) >= 11 is 0. The number of nitrogens with zero attached hydrogens (tertiary/aromatic N) is 2. The number of fused-ring (bicyclic) bond motifs is 5. The summed E-state index contributed by atoms with van der Waals surface area (Å²) in [6.45, 7) is 7.70. The van der Waals surface area contributed by atoms with Crippen LogP contribution in [0, 0.1) is 6.57 Å². The highest BCUT2D eigenvalue weighted by Crippen LogP contribution is 2.44. The average molecular weight is 721 g/mol. The van der Waals surface area contributed by atoms with Crippen molar-refractivity contribution in [3.05, 3.63) is 206 Å². The first-order valence-electron chi connectivity index (χ1n) is 19.4. The molecule has 0 amide bonds. The number of aromatic nitrogens is 1. The van der Waals surface area contributed by atoms with Crippen LogP contribution in [0.5, 0.6) is 0 Å². The Hall–Kier alpha value is -7.73. The van der Waals surface area contributed by atoms with Gasteiger partial charge in [0.05, 0.1) is 12.1 Å². The molecule has 0 aliphatic rings. The van der Waals surface area contributed by atoms with Crippen molar-refractivity contribution in [3.8, 4) is 39.1 Å². The van der Waals surface area contributed by atoms with Crippen LogP contribution in [0.3, 0.4) is 0 Å². The second-order valence-corrected chi connectivity index (χ2v) is 15.2. The molecule has 0 spiro atoms. The summed E-state index contributed by atoms with van der Waals surface area (Å²) in [7, 11) is 0. The van der Waals surface area contributed by atoms with Crippen molar-refractivity contribution < 1.29 is 0 Å². The molecule has 1 aromatic heterocycles. The first-order valence-corrected chi connectivity index (χ1v) is 19.4. The molecule has 12 rings (SSSR count). The molecule has 0 bridgehead atoms. The third kappa shape index (κ3) is 4.76. The standard InChI is InChI=1S/C55H32N2/c1-56-42-23-25-51-50-24-22-35(32-52(50)57(53(51)33-42)43-12-3-2-4-13-43)46-26-27-47(49-16-8-7-15-48(46)49)41-30-38-20-18-36-28-40(29-37-19-21-39(31-41)55(38)54(36)37)45-17-9-11-34-10-5-6-14-44(34)45/h2-33H. The largest absolute Gasteiger partial charge is 0.310 e. The number of hydrogen-bond acceptors (Lipinski definition) is 0. The van der Waals surface area contributed by atoms with Crippen LogP contribution in [0.2, 0.25) is 0 Å². The third-order valence-corrected chi connectivity index (χ3v) is 12.1. The van der Waals surface area contributed by atoms with E-state index in [0.717, 1.165) is 27.7 Å². The van der Waals surface area contributed by atoms with Crippen molar-refractivity contribution in [3.63, 3.8) is 0 Å². The lowest BCUT2D eigenvalue weighted by Gasteiger charge is -2.17. The summed E-state index contributed by atoms with van der Waals surface area (Å²) in [4.78, 5) is 3.76. The molecule has 0 aliphatic carbocycles. The van der Waals surface area contributed by atoms with Gasteiger partial charge in [-0.3, -0.25) is 0 Å². The van der Waals surface area contributed by atoms with Crippen LogP contribution in [0.25, 0.3) is 120 Å². The molecule has 11 aromatic carbocycles. The molecule has 0 saturated carbocycles. The van der Waals surface area contributed by atoms with Gasteiger partial charge in [-0.15, -0.1) is 0 Å². The Morgan fingerprint density at radius 3 is 1.47 bits per heavy atom. The van der Waals surface area contributed by atoms with Crippen LogP contribution >= 0.6 is 0 Å². The zero-order valence-electron chi connectivity index (χ0n) is 30.9. The first-order chi connectivity index (χ1) is 28.2. The monoisotopic (exact) mass is 720 g/mol. The maximum absolute atomic E-state index is 7.70. The van der Waals surface area contributed by atoms with E-state index in [1.54, 1.807) is 0 Å². The molecule has 0 saturated heterocycles. The summed E-state index contributed by atoms with van der Waals surface area (Å²) < 4.78 is 2.30. The van der Waals surface area contributed by atoms with E-state index in [9.17, 15) is 0 Å². The molecule has 0 N–H and O–H groups in total. The highest BCUT2D eigenvalue weighted by atomic mass is 15.0. The predicted octanol–water partition coefficient (Wildman–Crippen LogP) is 15.5. The second-order valence-electron chi connectivity index (χ2n) is 15.2. The zero-order valence-corrected chi connectivity index (χ0v) is 30.9. The SMILES string of the molecule is [C-]#[N+]c1ccc2c3ccc(-c4ccc(-c5cc6ccc7cc(-c8cccc9ccccc89)cc8ccc(c5)c6c78)c5ccccc45)cc3n(-c3ccccc3)c2c1. The van der Waals surface area contributed by atoms with Gasteiger partial charge in [0.25, 0.3) is 0 Å². The lowest BCUT2D eigenvalue weighted by atomic mass is 9.87. The van der Waals surface area contributed by atoms with Crippen LogP contribution in [-0.2, 0) is 0 Å². The minimum atomic E-state index is 0.641. The fraction of sp³-hybridized carbons (Fsp3) is 0. The average Bonchev–Trinajstić information content (AvgIpc) is 3.60. The molecule has 0 atom stereocenters. The highest BCUT2D eigenvalue weighted by molar-refractivity contribution is 6.25. The number of benzene rings is 11. The summed E-state index contributed by atoms with van der Waals surface area (Å²) in [5, 5.41) is 15.0. The zero-order chi connectivity index (χ0) is 37.6. The first kappa shape index (κ1) is 31.6. The highest BCUT2D eigenvalue weighted by Gasteiger charge is 2.18. The summed E-state index contributed by atoms with van der Waals surface area (Å²) in [6, 6.07) is 70.7. The van der Waals surface area contributed by atoms with Gasteiger partial charge in [-0.05, 0) is 136 Å². The van der Waals surface area contributed by atoms with E-state index in [0.29, 0.717) is 5.69 Å². The molecule has 0 unspecified atom stereocenters. The van der Waals surface area contributed by atoms with E-state index in [4.69, 9.17) is 6.57 Å². The predicted molar refractivity (Wildman–Crippen MR) is 242 cm³/mol. The normalized spacial score (nSPS) is 11.8. The number of hydrogen-bond donors (Lipinski definition) is 0. The van der Waals surface area contributed by atoms with Crippen molar-refractivity contribution in [2.45, 2.75) is 0 Å². The molecule has 12 aromatic rings. The van der Waals surface area contributed by atoms with Gasteiger partial charge in [-0.1, -0.05) is 146 Å². The van der Waals surface area contributed by atoms with Gasteiger partial charge < -0.3 is 4.57 Å². The van der Waals surface area contributed by atoms with Crippen LogP contribution in [0.4, 0.5) is 5.69 Å². The van der Waals surface area contributed by atoms with E-state index < -0.39 is 0 Å². The molecule has 2 heteroatoms. The van der Waals surface area contributed by atoms with Crippen LogP contribution in [0.15, 0.2) is 194 Å². The molecule has 57 heavy (non-hydrogen) atoms. The number of rotatable bonds is 4. The van der Waals surface area contributed by atoms with E-state index >= 15 is 0 Å². The molecular weight excluding hydrogens is 689 g/mol. The van der Waals surface area contributed by atoms with E-state index in [1.165, 1.54) is 87.1 Å². The molecule has 0 fully saturated rings. The van der Waals surface area contributed by atoms with Gasteiger partial charge in [0.2, 0.25) is 0 Å². The minimum absolute atomic E-state index is 0.641. The minimum Gasteiger partial charge on any atom is -0.310 e. The maximum Gasteiger partial charge on any atom is 0.189 e. The van der Waals surface area contributed by atoms with Crippen molar-refractivity contribution >= 4 is 81.4 Å². The molecular formula is C55H32N2. The van der Waals surface area contributed by atoms with E-state index in [2.05, 4.69) is 185 Å². The van der Waals surface area contributed by atoms with Crippen molar-refractivity contribution in [1.82, 2.24) is 4.57 Å². The topological polar surface area (TPSA) is 9.29 Å². The second kappa shape index (κ2) is 12.1. The van der Waals surface area contributed by atoms with E-state index in [1.807, 2.05) is 18.2 Å². The lowest BCUT2D eigenvalue weighted by Crippen LogP contribution is -1.93. The Kier molecular flexibility index (Phi) is 6.73. The Bertz CT molecular complexity index is 3570. The fourth-order valence-corrected chi connectivity index (χ4v) is 9.53. The quantitative estimate of drug-likeness (QED) is 0.126. The van der Waals surface area contributed by atoms with Crippen LogP contribution in [0.1, 0.15) is 0 Å². The van der Waals surface area contributed by atoms with Gasteiger partial charge in [-0.25, -0.2) is 4.85 Å². The third-order valence-electron chi connectivity index (χ3n) is 12.1. The lowest BCUT2D eigenvalue weighted by molar-refractivity contribution is 1.18. The Morgan fingerprint density at radius 2 is 0.842 bits per heavy atom. The summed E-state index contributed by atoms with van der Waals surface area (Å²) in [5.41, 5.74) is 11.2. The van der Waals surface area contributed by atoms with E-state index in [-0.39, 0.29) is 0 Å². The maximum atomic E-state index is 7.70. The Balaban J connectivity index is 1.01. The van der Waals surface area contributed by atoms with Gasteiger partial charge in [0.15, 0.2) is 5.69 Å². The summed E-state index contributed by atoms with van der Waals surface area (Å²) in [6.07, 6.45) is 0. The van der Waals surface area contributed by atoms with Gasteiger partial charge in [-0.2, -0.15) is 0 Å². The Labute approximate surface area is 329 Å². The molecule has 0 radical (unpaired) electrons. The van der Waals surface area contributed by atoms with Crippen molar-refractivity contribution in [2.24, 2.45) is 0 Å². The van der Waals surface area contributed by atoms with Gasteiger partial charge >= 0.3 is 0 Å². The molecule has 2 nitrogen and oxygen atoms in total. The van der Waals surface area contributed by atoms with Crippen molar-refractivity contribution in [1.29, 1.82) is 0 Å². The fourth-order valence-electron chi connectivity index (χ4n) is 9.53. The van der Waals surface area contributed by atoms with Gasteiger partial charge in [0, 0.05) is 22.0 Å². The Morgan fingerprint density at radius 1 is 0.333 bits per heavy atom. The van der Waals surface area contributed by atoms with Crippen LogP contribution < -0.4 is 0 Å². The molecule has 1 heterocycles. The summed E-state index contributed by atoms with van der Waals surface area (Å²) in [5.74, 6) is 0. The molecule has 262 valence electrons. The number of para-hydroxylation sites is 1. The van der Waals surface area contributed by atoms with Crippen molar-refractivity contribution in [2.75, 3.05) is 0 Å².